The normalized spacial score (nSPS) is 25.2. The van der Waals surface area contributed by atoms with Crippen LogP contribution in [0.1, 0.15) is 54.8 Å². The highest BCUT2D eigenvalue weighted by atomic mass is 79.9. The molecular weight excluding hydrogens is 390 g/mol. The van der Waals surface area contributed by atoms with Gasteiger partial charge in [0.15, 0.2) is 11.5 Å². The zero-order chi connectivity index (χ0) is 17.8. The number of benzene rings is 2. The second-order valence-electron chi connectivity index (χ2n) is 7.70. The Labute approximate surface area is 162 Å². The first kappa shape index (κ1) is 16.2. The van der Waals surface area contributed by atoms with Crippen LogP contribution in [0.4, 0.5) is 5.69 Å². The van der Waals surface area contributed by atoms with Crippen LogP contribution in [0, 0.1) is 5.92 Å². The van der Waals surface area contributed by atoms with Crippen LogP contribution in [0.3, 0.4) is 0 Å². The van der Waals surface area contributed by atoms with Gasteiger partial charge in [-0.3, -0.25) is 0 Å². The minimum atomic E-state index is 0.247. The van der Waals surface area contributed by atoms with Gasteiger partial charge in [-0.05, 0) is 53.1 Å². The van der Waals surface area contributed by atoms with Crippen LogP contribution in [0.2, 0.25) is 0 Å². The molecule has 0 fully saturated rings. The average Bonchev–Trinajstić information content (AvgIpc) is 3.29. The summed E-state index contributed by atoms with van der Waals surface area (Å²) < 4.78 is 12.2. The summed E-state index contributed by atoms with van der Waals surface area (Å²) in [6.07, 6.45) is 5.82. The zero-order valence-corrected chi connectivity index (χ0v) is 16.5. The minimum absolute atomic E-state index is 0.247. The first-order valence-corrected chi connectivity index (χ1v) is 10.1. The molecule has 0 spiro atoms. The first-order valence-electron chi connectivity index (χ1n) is 9.28. The van der Waals surface area contributed by atoms with E-state index in [1.165, 1.54) is 22.4 Å². The number of ether oxygens (including phenoxy) is 2. The van der Waals surface area contributed by atoms with Gasteiger partial charge in [-0.15, -0.1) is 0 Å². The van der Waals surface area contributed by atoms with Crippen LogP contribution in [0.15, 0.2) is 47.0 Å². The molecular formula is C22H22BrNO2. The Morgan fingerprint density at radius 2 is 1.88 bits per heavy atom. The number of rotatable bonds is 2. The summed E-state index contributed by atoms with van der Waals surface area (Å²) in [5, 5.41) is 3.82. The third kappa shape index (κ3) is 2.46. The highest BCUT2D eigenvalue weighted by molar-refractivity contribution is 9.10. The SMILES string of the molecule is CC(C)c1ccc2c(c1)[C@@H]1C=CC[C@@H]1C(c1cc3c(cc1Br)OCO3)N2. The van der Waals surface area contributed by atoms with Gasteiger partial charge in [0.1, 0.15) is 0 Å². The maximum absolute atomic E-state index is 5.62. The molecule has 3 nitrogen and oxygen atoms in total. The molecule has 1 unspecified atom stereocenters. The molecule has 0 saturated heterocycles. The second kappa shape index (κ2) is 6.05. The van der Waals surface area contributed by atoms with Crippen molar-refractivity contribution in [1.29, 1.82) is 0 Å². The predicted molar refractivity (Wildman–Crippen MR) is 107 cm³/mol. The van der Waals surface area contributed by atoms with E-state index in [1.54, 1.807) is 0 Å². The molecule has 5 rings (SSSR count). The second-order valence-corrected chi connectivity index (χ2v) is 8.56. The number of hydrogen-bond donors (Lipinski definition) is 1. The third-order valence-electron chi connectivity index (χ3n) is 5.88. The topological polar surface area (TPSA) is 30.5 Å². The van der Waals surface area contributed by atoms with Crippen molar-refractivity contribution in [3.8, 4) is 11.5 Å². The van der Waals surface area contributed by atoms with E-state index >= 15 is 0 Å². The van der Waals surface area contributed by atoms with Gasteiger partial charge in [0.05, 0.1) is 6.04 Å². The van der Waals surface area contributed by atoms with Crippen molar-refractivity contribution in [2.75, 3.05) is 12.1 Å². The molecule has 4 heteroatoms. The maximum atomic E-state index is 5.62. The van der Waals surface area contributed by atoms with Gasteiger partial charge in [0.25, 0.3) is 0 Å². The summed E-state index contributed by atoms with van der Waals surface area (Å²) in [7, 11) is 0. The van der Waals surface area contributed by atoms with Crippen molar-refractivity contribution < 1.29 is 9.47 Å². The van der Waals surface area contributed by atoms with Crippen molar-refractivity contribution in [2.24, 2.45) is 5.92 Å². The Bertz CT molecular complexity index is 905. The number of allylic oxidation sites excluding steroid dienone is 2. The lowest BCUT2D eigenvalue weighted by molar-refractivity contribution is 0.174. The smallest absolute Gasteiger partial charge is 0.231 e. The summed E-state index contributed by atoms with van der Waals surface area (Å²) in [5.41, 5.74) is 5.33. The molecule has 0 radical (unpaired) electrons. The van der Waals surface area contributed by atoms with E-state index in [4.69, 9.17) is 9.47 Å². The fourth-order valence-electron chi connectivity index (χ4n) is 4.45. The van der Waals surface area contributed by atoms with Crippen LogP contribution in [-0.4, -0.2) is 6.79 Å². The van der Waals surface area contributed by atoms with Crippen LogP contribution in [0.25, 0.3) is 0 Å². The molecule has 0 amide bonds. The van der Waals surface area contributed by atoms with Crippen LogP contribution in [-0.2, 0) is 0 Å². The average molecular weight is 412 g/mol. The lowest BCUT2D eigenvalue weighted by Crippen LogP contribution is -2.29. The summed E-state index contributed by atoms with van der Waals surface area (Å²) in [5.74, 6) is 3.19. The number of halogens is 1. The summed E-state index contributed by atoms with van der Waals surface area (Å²) in [6.45, 7) is 4.82. The van der Waals surface area contributed by atoms with Crippen LogP contribution >= 0.6 is 15.9 Å². The van der Waals surface area contributed by atoms with Crippen molar-refractivity contribution >= 4 is 21.6 Å². The lowest BCUT2D eigenvalue weighted by Gasteiger charge is -2.38. The van der Waals surface area contributed by atoms with E-state index < -0.39 is 0 Å². The summed E-state index contributed by atoms with van der Waals surface area (Å²) in [4.78, 5) is 0. The lowest BCUT2D eigenvalue weighted by atomic mass is 9.76. The Morgan fingerprint density at radius 1 is 1.08 bits per heavy atom. The molecule has 1 aliphatic carbocycles. The highest BCUT2D eigenvalue weighted by Crippen LogP contribution is 2.52. The van der Waals surface area contributed by atoms with Crippen molar-refractivity contribution in [1.82, 2.24) is 0 Å². The molecule has 1 N–H and O–H groups in total. The monoisotopic (exact) mass is 411 g/mol. The van der Waals surface area contributed by atoms with Crippen molar-refractivity contribution in [3.05, 3.63) is 63.6 Å². The molecule has 3 atom stereocenters. The molecule has 2 aliphatic heterocycles. The number of nitrogens with one attached hydrogen (secondary N) is 1. The Hall–Kier alpha value is -1.94. The van der Waals surface area contributed by atoms with Gasteiger partial charge in [-0.2, -0.15) is 0 Å². The summed E-state index contributed by atoms with van der Waals surface area (Å²) in [6, 6.07) is 11.3. The Morgan fingerprint density at radius 3 is 2.69 bits per heavy atom. The van der Waals surface area contributed by atoms with Crippen LogP contribution < -0.4 is 14.8 Å². The summed E-state index contributed by atoms with van der Waals surface area (Å²) >= 11 is 3.76. The molecule has 2 heterocycles. The minimum Gasteiger partial charge on any atom is -0.454 e. The molecule has 26 heavy (non-hydrogen) atoms. The van der Waals surface area contributed by atoms with Gasteiger partial charge in [0.2, 0.25) is 6.79 Å². The van der Waals surface area contributed by atoms with E-state index in [0.29, 0.717) is 24.5 Å². The maximum Gasteiger partial charge on any atom is 0.231 e. The largest absolute Gasteiger partial charge is 0.454 e. The molecule has 0 saturated carbocycles. The van der Waals surface area contributed by atoms with Crippen LogP contribution in [0.5, 0.6) is 11.5 Å². The van der Waals surface area contributed by atoms with E-state index in [9.17, 15) is 0 Å². The van der Waals surface area contributed by atoms with E-state index in [2.05, 4.69) is 71.5 Å². The standard InChI is InChI=1S/C22H22BrNO2/c1-12(2)13-6-7-19-16(8-13)14-4-3-5-15(14)22(24-19)17-9-20-21(10-18(17)23)26-11-25-20/h3-4,6-10,12,14-15,22,24H,5,11H2,1-2H3/t14-,15+,22?/m1/s1. The fourth-order valence-corrected chi connectivity index (χ4v) is 5.02. The Balaban J connectivity index is 1.58. The number of anilines is 1. The van der Waals surface area contributed by atoms with Gasteiger partial charge in [0, 0.05) is 16.1 Å². The molecule has 0 aromatic heterocycles. The predicted octanol–water partition coefficient (Wildman–Crippen LogP) is 6.13. The molecule has 2 aromatic carbocycles. The number of fused-ring (bicyclic) bond motifs is 4. The highest BCUT2D eigenvalue weighted by Gasteiger charge is 2.39. The quantitative estimate of drug-likeness (QED) is 0.602. The van der Waals surface area contributed by atoms with Crippen molar-refractivity contribution in [2.45, 2.75) is 38.1 Å². The van der Waals surface area contributed by atoms with E-state index in [0.717, 1.165) is 22.4 Å². The van der Waals surface area contributed by atoms with Gasteiger partial charge in [-0.25, -0.2) is 0 Å². The van der Waals surface area contributed by atoms with Crippen molar-refractivity contribution in [3.63, 3.8) is 0 Å². The van der Waals surface area contributed by atoms with Gasteiger partial charge < -0.3 is 14.8 Å². The molecule has 2 aromatic rings. The molecule has 0 bridgehead atoms. The van der Waals surface area contributed by atoms with Gasteiger partial charge >= 0.3 is 0 Å². The molecule has 3 aliphatic rings. The van der Waals surface area contributed by atoms with Gasteiger partial charge in [-0.1, -0.05) is 54.1 Å². The Kier molecular flexibility index (Phi) is 3.78. The fraction of sp³-hybridized carbons (Fsp3) is 0.364. The third-order valence-corrected chi connectivity index (χ3v) is 6.57. The number of hydrogen-bond acceptors (Lipinski definition) is 3. The first-order chi connectivity index (χ1) is 12.6. The molecule has 134 valence electrons. The zero-order valence-electron chi connectivity index (χ0n) is 15.0. The van der Waals surface area contributed by atoms with E-state index in [1.807, 2.05) is 6.07 Å². The van der Waals surface area contributed by atoms with E-state index in [-0.39, 0.29) is 6.04 Å².